The molecule has 0 aromatic heterocycles. The van der Waals surface area contributed by atoms with Gasteiger partial charge in [-0.25, -0.2) is 4.79 Å². The summed E-state index contributed by atoms with van der Waals surface area (Å²) in [7, 11) is 0. The van der Waals surface area contributed by atoms with E-state index in [1.54, 1.807) is 24.3 Å². The summed E-state index contributed by atoms with van der Waals surface area (Å²) < 4.78 is 5.17. The molecule has 0 aliphatic heterocycles. The second kappa shape index (κ2) is 10.5. The molecule has 0 spiro atoms. The Labute approximate surface area is 161 Å². The van der Waals surface area contributed by atoms with Crippen molar-refractivity contribution in [2.75, 3.05) is 11.9 Å². The molecule has 1 N–H and O–H groups in total. The first-order valence-corrected chi connectivity index (χ1v) is 9.65. The molecule has 0 aliphatic rings. The maximum Gasteiger partial charge on any atom is 0.338 e. The maximum absolute atomic E-state index is 12.2. The summed E-state index contributed by atoms with van der Waals surface area (Å²) in [6.45, 7) is 6.81. The highest BCUT2D eigenvalue weighted by atomic mass is 16.5. The molecule has 0 fully saturated rings. The number of hydrogen-bond acceptors (Lipinski definition) is 3. The lowest BCUT2D eigenvalue weighted by atomic mass is 10.0. The molecule has 0 radical (unpaired) electrons. The maximum atomic E-state index is 12.2. The van der Waals surface area contributed by atoms with E-state index in [-0.39, 0.29) is 11.9 Å². The molecule has 0 unspecified atom stereocenters. The van der Waals surface area contributed by atoms with Gasteiger partial charge in [-0.05, 0) is 54.2 Å². The monoisotopic (exact) mass is 367 g/mol. The molecule has 0 atom stereocenters. The Morgan fingerprint density at radius 1 is 1.00 bits per heavy atom. The van der Waals surface area contributed by atoms with Gasteiger partial charge in [-0.2, -0.15) is 0 Å². The summed E-state index contributed by atoms with van der Waals surface area (Å²) in [4.78, 5) is 24.0. The van der Waals surface area contributed by atoms with Crippen LogP contribution < -0.4 is 5.32 Å². The van der Waals surface area contributed by atoms with Gasteiger partial charge in [0.2, 0.25) is 5.91 Å². The largest absolute Gasteiger partial charge is 0.462 e. The first-order valence-electron chi connectivity index (χ1n) is 9.65. The molecule has 4 nitrogen and oxygen atoms in total. The number of aryl methyl sites for hydroxylation is 1. The number of esters is 1. The molecule has 4 heteroatoms. The standard InChI is InChI=1S/C23H29NO3/c1-4-5-16-27-23(26)20-11-13-21(14-12-20)24-22(25)15-8-18-6-9-19(10-7-18)17(2)3/h6-7,9-14,17H,4-5,8,15-16H2,1-3H3,(H,24,25). The molecule has 0 aliphatic carbocycles. The van der Waals surface area contributed by atoms with Crippen LogP contribution >= 0.6 is 0 Å². The average Bonchev–Trinajstić information content (AvgIpc) is 2.67. The van der Waals surface area contributed by atoms with Crippen LogP contribution in [0.3, 0.4) is 0 Å². The summed E-state index contributed by atoms with van der Waals surface area (Å²) in [5, 5.41) is 2.87. The number of unbranched alkanes of at least 4 members (excludes halogenated alkanes) is 1. The third-order valence-corrected chi connectivity index (χ3v) is 4.42. The van der Waals surface area contributed by atoms with Crippen molar-refractivity contribution >= 4 is 17.6 Å². The van der Waals surface area contributed by atoms with Gasteiger partial charge in [0, 0.05) is 12.1 Å². The van der Waals surface area contributed by atoms with Gasteiger partial charge >= 0.3 is 5.97 Å². The number of ether oxygens (including phenoxy) is 1. The molecule has 0 bridgehead atoms. The van der Waals surface area contributed by atoms with E-state index in [2.05, 4.69) is 43.4 Å². The molecule has 27 heavy (non-hydrogen) atoms. The Bertz CT molecular complexity index is 733. The molecule has 144 valence electrons. The highest BCUT2D eigenvalue weighted by Crippen LogP contribution is 2.16. The molecule has 2 aromatic carbocycles. The van der Waals surface area contributed by atoms with E-state index >= 15 is 0 Å². The lowest BCUT2D eigenvalue weighted by molar-refractivity contribution is -0.116. The third-order valence-electron chi connectivity index (χ3n) is 4.42. The molecule has 2 aromatic rings. The number of carbonyl (C=O) groups excluding carboxylic acids is 2. The van der Waals surface area contributed by atoms with Crippen LogP contribution in [0.25, 0.3) is 0 Å². The fourth-order valence-corrected chi connectivity index (χ4v) is 2.63. The molecule has 0 heterocycles. The van der Waals surface area contributed by atoms with Crippen LogP contribution in [-0.2, 0) is 16.0 Å². The first-order chi connectivity index (χ1) is 13.0. The minimum Gasteiger partial charge on any atom is -0.462 e. The van der Waals surface area contributed by atoms with Gasteiger partial charge in [-0.1, -0.05) is 51.5 Å². The van der Waals surface area contributed by atoms with Crippen LogP contribution in [0.4, 0.5) is 5.69 Å². The lowest BCUT2D eigenvalue weighted by Gasteiger charge is -2.08. The number of carbonyl (C=O) groups is 2. The Hall–Kier alpha value is -2.62. The predicted octanol–water partition coefficient (Wildman–Crippen LogP) is 5.34. The van der Waals surface area contributed by atoms with Gasteiger partial charge in [0.15, 0.2) is 0 Å². The van der Waals surface area contributed by atoms with E-state index in [4.69, 9.17) is 4.74 Å². The summed E-state index contributed by atoms with van der Waals surface area (Å²) in [5.74, 6) is 0.140. The topological polar surface area (TPSA) is 55.4 Å². The van der Waals surface area contributed by atoms with Crippen LogP contribution in [0, 0.1) is 0 Å². The number of hydrogen-bond donors (Lipinski definition) is 1. The second-order valence-electron chi connectivity index (χ2n) is 7.01. The molecule has 2 rings (SSSR count). The number of nitrogens with one attached hydrogen (secondary N) is 1. The highest BCUT2D eigenvalue weighted by molar-refractivity contribution is 5.93. The molecule has 0 saturated carbocycles. The van der Waals surface area contributed by atoms with Crippen molar-refractivity contribution in [1.29, 1.82) is 0 Å². The number of benzene rings is 2. The zero-order chi connectivity index (χ0) is 19.6. The minimum atomic E-state index is -0.328. The second-order valence-corrected chi connectivity index (χ2v) is 7.01. The molecular formula is C23H29NO3. The van der Waals surface area contributed by atoms with Crippen LogP contribution in [0.1, 0.15) is 67.4 Å². The lowest BCUT2D eigenvalue weighted by Crippen LogP contribution is -2.12. The third kappa shape index (κ3) is 6.89. The van der Waals surface area contributed by atoms with Crippen molar-refractivity contribution in [2.45, 2.75) is 52.4 Å². The Morgan fingerprint density at radius 3 is 2.26 bits per heavy atom. The van der Waals surface area contributed by atoms with E-state index < -0.39 is 0 Å². The molecule has 1 amide bonds. The van der Waals surface area contributed by atoms with Crippen LogP contribution in [0.5, 0.6) is 0 Å². The molecular weight excluding hydrogens is 338 g/mol. The fourth-order valence-electron chi connectivity index (χ4n) is 2.63. The Morgan fingerprint density at radius 2 is 1.67 bits per heavy atom. The minimum absolute atomic E-state index is 0.0405. The van der Waals surface area contributed by atoms with Gasteiger partial charge in [-0.15, -0.1) is 0 Å². The zero-order valence-corrected chi connectivity index (χ0v) is 16.5. The van der Waals surface area contributed by atoms with E-state index in [0.29, 0.717) is 36.6 Å². The number of amides is 1. The van der Waals surface area contributed by atoms with E-state index in [1.165, 1.54) is 5.56 Å². The van der Waals surface area contributed by atoms with Gasteiger partial charge in [-0.3, -0.25) is 4.79 Å². The van der Waals surface area contributed by atoms with Crippen molar-refractivity contribution in [3.63, 3.8) is 0 Å². The van der Waals surface area contributed by atoms with Crippen LogP contribution in [-0.4, -0.2) is 18.5 Å². The Kier molecular flexibility index (Phi) is 8.05. The van der Waals surface area contributed by atoms with Crippen LogP contribution in [0.2, 0.25) is 0 Å². The number of anilines is 1. The van der Waals surface area contributed by atoms with E-state index in [0.717, 1.165) is 18.4 Å². The van der Waals surface area contributed by atoms with Gasteiger partial charge < -0.3 is 10.1 Å². The smallest absolute Gasteiger partial charge is 0.338 e. The number of rotatable bonds is 9. The van der Waals surface area contributed by atoms with Crippen molar-refractivity contribution < 1.29 is 14.3 Å². The quantitative estimate of drug-likeness (QED) is 0.481. The normalized spacial score (nSPS) is 10.7. The van der Waals surface area contributed by atoms with Gasteiger partial charge in [0.05, 0.1) is 12.2 Å². The summed E-state index contributed by atoms with van der Waals surface area (Å²) >= 11 is 0. The van der Waals surface area contributed by atoms with E-state index in [9.17, 15) is 9.59 Å². The summed E-state index contributed by atoms with van der Waals surface area (Å²) in [5.41, 5.74) is 3.63. The summed E-state index contributed by atoms with van der Waals surface area (Å²) in [6, 6.07) is 15.2. The SMILES string of the molecule is CCCCOC(=O)c1ccc(NC(=O)CCc2ccc(C(C)C)cc2)cc1. The van der Waals surface area contributed by atoms with Crippen molar-refractivity contribution in [1.82, 2.24) is 0 Å². The van der Waals surface area contributed by atoms with Crippen LogP contribution in [0.15, 0.2) is 48.5 Å². The first kappa shape index (κ1) is 20.7. The average molecular weight is 367 g/mol. The highest BCUT2D eigenvalue weighted by Gasteiger charge is 2.08. The van der Waals surface area contributed by atoms with Gasteiger partial charge in [0.1, 0.15) is 0 Å². The van der Waals surface area contributed by atoms with Crippen molar-refractivity contribution in [2.24, 2.45) is 0 Å². The zero-order valence-electron chi connectivity index (χ0n) is 16.5. The van der Waals surface area contributed by atoms with Gasteiger partial charge in [0.25, 0.3) is 0 Å². The Balaban J connectivity index is 1.80. The van der Waals surface area contributed by atoms with Crippen molar-refractivity contribution in [3.8, 4) is 0 Å². The predicted molar refractivity (Wildman–Crippen MR) is 109 cm³/mol. The van der Waals surface area contributed by atoms with E-state index in [1.807, 2.05) is 6.92 Å². The fraction of sp³-hybridized carbons (Fsp3) is 0.391. The summed E-state index contributed by atoms with van der Waals surface area (Å²) in [6.07, 6.45) is 2.97. The van der Waals surface area contributed by atoms with Crippen molar-refractivity contribution in [3.05, 3.63) is 65.2 Å². The molecule has 0 saturated heterocycles.